The molecule has 0 aliphatic heterocycles. The molecule has 0 rings (SSSR count). The third-order valence-electron chi connectivity index (χ3n) is 0.582. The van der Waals surface area contributed by atoms with Crippen molar-refractivity contribution < 1.29 is 9.53 Å². The molecule has 0 radical (unpaired) electrons. The van der Waals surface area contributed by atoms with Crippen LogP contribution in [-0.2, 0) is 4.74 Å². The monoisotopic (exact) mass is 135 g/mol. The second-order valence-corrected chi connectivity index (χ2v) is 1.63. The van der Waals surface area contributed by atoms with Gasteiger partial charge in [-0.15, -0.1) is 0 Å². The Morgan fingerprint density at radius 3 is 2.88 bits per heavy atom. The van der Waals surface area contributed by atoms with Crippen LogP contribution in [0.1, 0.15) is 0 Å². The molecule has 0 saturated heterocycles. The summed E-state index contributed by atoms with van der Waals surface area (Å²) in [5.74, 6) is 0. The Bertz CT molecular complexity index is 76.4. The molecule has 1 N–H and O–H groups in total. The first kappa shape index (κ1) is 7.78. The van der Waals surface area contributed by atoms with E-state index in [4.69, 9.17) is 0 Å². The van der Waals surface area contributed by atoms with Crippen LogP contribution < -0.4 is 5.32 Å². The predicted octanol–water partition coefficient (Wildman–Crippen LogP) is 0.272. The molecule has 0 heterocycles. The number of nitrogens with one attached hydrogen (secondary N) is 1. The van der Waals surface area contributed by atoms with Crippen LogP contribution in [0.25, 0.3) is 0 Å². The zero-order valence-corrected chi connectivity index (χ0v) is 5.57. The molecule has 4 heteroatoms. The fourth-order valence-electron chi connectivity index (χ4n) is 0.260. The molecular weight excluding hydrogens is 126 g/mol. The average molecular weight is 135 g/mol. The van der Waals surface area contributed by atoms with E-state index in [1.807, 2.05) is 0 Å². The van der Waals surface area contributed by atoms with Crippen molar-refractivity contribution in [3.05, 3.63) is 0 Å². The zero-order chi connectivity index (χ0) is 6.41. The van der Waals surface area contributed by atoms with Crippen LogP contribution in [-0.4, -0.2) is 25.5 Å². The molecule has 8 heavy (non-hydrogen) atoms. The van der Waals surface area contributed by atoms with Crippen molar-refractivity contribution in [1.82, 2.24) is 5.32 Å². The second-order valence-electron chi connectivity index (χ2n) is 1.22. The number of hydrogen-bond donors (Lipinski definition) is 2. The summed E-state index contributed by atoms with van der Waals surface area (Å²) >= 11 is 3.47. The van der Waals surface area contributed by atoms with E-state index in [2.05, 4.69) is 22.7 Å². The third kappa shape index (κ3) is 5.78. The summed E-state index contributed by atoms with van der Waals surface area (Å²) in [6.45, 7) is 1.06. The highest BCUT2D eigenvalue weighted by atomic mass is 32.1. The maximum Gasteiger partial charge on any atom is 0.276 e. The molecule has 0 saturated carbocycles. The molecule has 0 aromatic rings. The van der Waals surface area contributed by atoms with Gasteiger partial charge < -0.3 is 10.1 Å². The lowest BCUT2D eigenvalue weighted by molar-refractivity contribution is 0.199. The Hall–Kier alpha value is -0.220. The maximum absolute atomic E-state index is 10.0. The number of hydrogen-bond acceptors (Lipinski definition) is 2. The number of methoxy groups -OCH3 is 1. The molecule has 3 nitrogen and oxygen atoms in total. The van der Waals surface area contributed by atoms with Gasteiger partial charge in [-0.1, -0.05) is 12.6 Å². The van der Waals surface area contributed by atoms with Gasteiger partial charge in [-0.05, 0) is 0 Å². The van der Waals surface area contributed by atoms with Crippen LogP contribution in [0.5, 0.6) is 0 Å². The Labute approximate surface area is 53.8 Å². The molecule has 1 amide bonds. The minimum absolute atomic E-state index is 0.318. The molecule has 0 aromatic heterocycles. The first-order valence-electron chi connectivity index (χ1n) is 2.23. The number of amides is 1. The topological polar surface area (TPSA) is 38.3 Å². The maximum atomic E-state index is 10.0. The number of thiol groups is 1. The van der Waals surface area contributed by atoms with Crippen molar-refractivity contribution >= 4 is 17.9 Å². The Balaban J connectivity index is 2.82. The second kappa shape index (κ2) is 4.93. The summed E-state index contributed by atoms with van der Waals surface area (Å²) in [6.07, 6.45) is 0. The molecule has 0 fully saturated rings. The van der Waals surface area contributed by atoms with Gasteiger partial charge in [0.05, 0.1) is 6.61 Å². The van der Waals surface area contributed by atoms with Gasteiger partial charge in [0.15, 0.2) is 0 Å². The number of carbonyl (C=O) groups is 1. The van der Waals surface area contributed by atoms with Gasteiger partial charge in [0, 0.05) is 13.7 Å². The predicted molar refractivity (Wildman–Crippen MR) is 34.3 cm³/mol. The van der Waals surface area contributed by atoms with Crippen molar-refractivity contribution in [1.29, 1.82) is 0 Å². The summed E-state index contributed by atoms with van der Waals surface area (Å²) in [7, 11) is 1.57. The minimum atomic E-state index is -0.318. The highest BCUT2D eigenvalue weighted by Crippen LogP contribution is 1.73. The number of ether oxygens (including phenoxy) is 1. The van der Waals surface area contributed by atoms with Crippen LogP contribution in [0.2, 0.25) is 0 Å². The smallest absolute Gasteiger partial charge is 0.276 e. The molecule has 0 bridgehead atoms. The summed E-state index contributed by atoms with van der Waals surface area (Å²) in [4.78, 5) is 10.0. The van der Waals surface area contributed by atoms with Crippen LogP contribution >= 0.6 is 12.6 Å². The Morgan fingerprint density at radius 1 is 1.88 bits per heavy atom. The summed E-state index contributed by atoms with van der Waals surface area (Å²) in [5, 5.41) is 2.13. The van der Waals surface area contributed by atoms with Crippen molar-refractivity contribution in [3.8, 4) is 0 Å². The van der Waals surface area contributed by atoms with Gasteiger partial charge in [0.25, 0.3) is 5.24 Å². The van der Waals surface area contributed by atoms with E-state index < -0.39 is 0 Å². The van der Waals surface area contributed by atoms with E-state index in [9.17, 15) is 4.79 Å². The van der Waals surface area contributed by atoms with Crippen LogP contribution in [0.3, 0.4) is 0 Å². The molecule has 0 aliphatic carbocycles. The fraction of sp³-hybridized carbons (Fsp3) is 0.750. The van der Waals surface area contributed by atoms with Gasteiger partial charge in [0.1, 0.15) is 0 Å². The SMILES string of the molecule is COCCNC(=O)S. The molecular formula is C4H9NO2S. The highest BCUT2D eigenvalue weighted by Gasteiger charge is 1.86. The van der Waals surface area contributed by atoms with Crippen LogP contribution in [0, 0.1) is 0 Å². The molecule has 0 aliphatic rings. The first-order valence-corrected chi connectivity index (χ1v) is 2.68. The lowest BCUT2D eigenvalue weighted by Gasteiger charge is -1.96. The molecule has 0 atom stereocenters. The summed E-state index contributed by atoms with van der Waals surface area (Å²) in [6, 6.07) is 0. The van der Waals surface area contributed by atoms with E-state index in [-0.39, 0.29) is 5.24 Å². The van der Waals surface area contributed by atoms with Crippen LogP contribution in [0.15, 0.2) is 0 Å². The largest absolute Gasteiger partial charge is 0.383 e. The van der Waals surface area contributed by atoms with Crippen molar-refractivity contribution in [3.63, 3.8) is 0 Å². The standard InChI is InChI=1S/C4H9NO2S/c1-7-3-2-5-4(6)8/h2-3H2,1H3,(H2,5,6,8). The average Bonchev–Trinajstić information content (AvgIpc) is 1.66. The molecule has 0 unspecified atom stereocenters. The summed E-state index contributed by atoms with van der Waals surface area (Å²) < 4.78 is 4.64. The number of rotatable bonds is 3. The van der Waals surface area contributed by atoms with E-state index in [0.29, 0.717) is 13.2 Å². The zero-order valence-electron chi connectivity index (χ0n) is 4.68. The van der Waals surface area contributed by atoms with E-state index in [1.165, 1.54) is 0 Å². The first-order chi connectivity index (χ1) is 3.77. The van der Waals surface area contributed by atoms with E-state index in [0.717, 1.165) is 0 Å². The van der Waals surface area contributed by atoms with E-state index >= 15 is 0 Å². The van der Waals surface area contributed by atoms with Crippen molar-refractivity contribution in [2.24, 2.45) is 0 Å². The van der Waals surface area contributed by atoms with Crippen LogP contribution in [0.4, 0.5) is 4.79 Å². The summed E-state index contributed by atoms with van der Waals surface area (Å²) in [5.41, 5.74) is 0. The van der Waals surface area contributed by atoms with Crippen molar-refractivity contribution in [2.75, 3.05) is 20.3 Å². The van der Waals surface area contributed by atoms with Gasteiger partial charge in [-0.25, -0.2) is 0 Å². The fourth-order valence-corrected chi connectivity index (χ4v) is 0.372. The Kier molecular flexibility index (Phi) is 4.79. The lowest BCUT2D eigenvalue weighted by Crippen LogP contribution is -2.21. The van der Waals surface area contributed by atoms with Gasteiger partial charge >= 0.3 is 0 Å². The lowest BCUT2D eigenvalue weighted by atomic mass is 10.7. The number of carbonyl (C=O) groups excluding carboxylic acids is 1. The minimum Gasteiger partial charge on any atom is -0.383 e. The third-order valence-corrected chi connectivity index (χ3v) is 0.741. The van der Waals surface area contributed by atoms with E-state index in [1.54, 1.807) is 7.11 Å². The van der Waals surface area contributed by atoms with Crippen molar-refractivity contribution in [2.45, 2.75) is 0 Å². The quantitative estimate of drug-likeness (QED) is 0.430. The molecule has 0 aromatic carbocycles. The Morgan fingerprint density at radius 2 is 2.50 bits per heavy atom. The van der Waals surface area contributed by atoms with Gasteiger partial charge in [0.2, 0.25) is 0 Å². The van der Waals surface area contributed by atoms with Gasteiger partial charge in [-0.2, -0.15) is 0 Å². The normalized spacial score (nSPS) is 8.75. The highest BCUT2D eigenvalue weighted by molar-refractivity contribution is 7.96. The van der Waals surface area contributed by atoms with Gasteiger partial charge in [-0.3, -0.25) is 4.79 Å². The molecule has 0 spiro atoms. The molecule has 48 valence electrons.